The fraction of sp³-hybridized carbons (Fsp3) is 0.600. The lowest BCUT2D eigenvalue weighted by Crippen LogP contribution is -2.43. The van der Waals surface area contributed by atoms with Gasteiger partial charge in [-0.2, -0.15) is 0 Å². The zero-order chi connectivity index (χ0) is 14.7. The molecule has 3 nitrogen and oxygen atoms in total. The van der Waals surface area contributed by atoms with Crippen molar-refractivity contribution < 1.29 is 4.39 Å². The van der Waals surface area contributed by atoms with Gasteiger partial charge in [0.1, 0.15) is 5.82 Å². The molecule has 2 unspecified atom stereocenters. The smallest absolute Gasteiger partial charge is 0.137 e. The highest BCUT2D eigenvalue weighted by Crippen LogP contribution is 2.27. The summed E-state index contributed by atoms with van der Waals surface area (Å²) in [6.45, 7) is 5.86. The molecule has 1 fully saturated rings. The summed E-state index contributed by atoms with van der Waals surface area (Å²) in [4.78, 5) is 4.76. The number of rotatable bonds is 3. The highest BCUT2D eigenvalue weighted by Gasteiger charge is 2.27. The SMILES string of the molecule is CC1CN(C)CCCN1C(CN)c1ccc(Br)c(F)c1. The van der Waals surface area contributed by atoms with E-state index in [0.717, 1.165) is 31.6 Å². The topological polar surface area (TPSA) is 32.5 Å². The zero-order valence-electron chi connectivity index (χ0n) is 12.1. The fourth-order valence-electron chi connectivity index (χ4n) is 3.04. The van der Waals surface area contributed by atoms with E-state index >= 15 is 0 Å². The lowest BCUT2D eigenvalue weighted by molar-refractivity contribution is 0.146. The first-order chi connectivity index (χ1) is 9.52. The van der Waals surface area contributed by atoms with Crippen molar-refractivity contribution in [3.05, 3.63) is 34.1 Å². The third-order valence-electron chi connectivity index (χ3n) is 4.05. The van der Waals surface area contributed by atoms with Crippen molar-refractivity contribution in [2.24, 2.45) is 5.73 Å². The number of benzene rings is 1. The number of likely N-dealkylation sites (N-methyl/N-ethyl adjacent to an activating group) is 1. The van der Waals surface area contributed by atoms with Crippen LogP contribution in [0, 0.1) is 5.82 Å². The molecule has 0 bridgehead atoms. The fourth-order valence-corrected chi connectivity index (χ4v) is 3.28. The Morgan fingerprint density at radius 3 is 2.85 bits per heavy atom. The molecule has 0 amide bonds. The maximum absolute atomic E-state index is 13.8. The Morgan fingerprint density at radius 2 is 2.20 bits per heavy atom. The van der Waals surface area contributed by atoms with Crippen LogP contribution in [0.1, 0.15) is 24.9 Å². The van der Waals surface area contributed by atoms with Gasteiger partial charge in [-0.1, -0.05) is 6.07 Å². The normalized spacial score (nSPS) is 23.6. The second-order valence-electron chi connectivity index (χ2n) is 5.63. The monoisotopic (exact) mass is 343 g/mol. The van der Waals surface area contributed by atoms with Crippen molar-refractivity contribution in [1.29, 1.82) is 0 Å². The van der Waals surface area contributed by atoms with E-state index in [2.05, 4.69) is 39.7 Å². The second-order valence-corrected chi connectivity index (χ2v) is 6.48. The Labute approximate surface area is 129 Å². The van der Waals surface area contributed by atoms with E-state index in [1.807, 2.05) is 6.07 Å². The van der Waals surface area contributed by atoms with Gasteiger partial charge >= 0.3 is 0 Å². The molecule has 2 atom stereocenters. The molecule has 112 valence electrons. The number of halogens is 2. The Balaban J connectivity index is 2.23. The van der Waals surface area contributed by atoms with Crippen LogP contribution in [0.25, 0.3) is 0 Å². The molecule has 0 radical (unpaired) electrons. The molecule has 20 heavy (non-hydrogen) atoms. The van der Waals surface area contributed by atoms with Gasteiger partial charge < -0.3 is 10.6 Å². The van der Waals surface area contributed by atoms with Crippen LogP contribution in [-0.2, 0) is 0 Å². The first-order valence-corrected chi connectivity index (χ1v) is 7.91. The average molecular weight is 344 g/mol. The largest absolute Gasteiger partial charge is 0.329 e. The van der Waals surface area contributed by atoms with Crippen LogP contribution in [0.15, 0.2) is 22.7 Å². The molecule has 0 aromatic heterocycles. The molecule has 1 aliphatic heterocycles. The van der Waals surface area contributed by atoms with Crippen molar-refractivity contribution in [3.8, 4) is 0 Å². The molecule has 1 aromatic carbocycles. The van der Waals surface area contributed by atoms with Crippen LogP contribution < -0.4 is 5.73 Å². The van der Waals surface area contributed by atoms with E-state index in [-0.39, 0.29) is 11.9 Å². The van der Waals surface area contributed by atoms with Gasteiger partial charge in [0.05, 0.1) is 4.47 Å². The Kier molecular flexibility index (Phi) is 5.55. The lowest BCUT2D eigenvalue weighted by atomic mass is 10.0. The van der Waals surface area contributed by atoms with Crippen molar-refractivity contribution >= 4 is 15.9 Å². The molecule has 2 rings (SSSR count). The summed E-state index contributed by atoms with van der Waals surface area (Å²) in [5.41, 5.74) is 6.94. The summed E-state index contributed by atoms with van der Waals surface area (Å²) in [5, 5.41) is 0. The van der Waals surface area contributed by atoms with Gasteiger partial charge in [0.2, 0.25) is 0 Å². The molecule has 0 aliphatic carbocycles. The number of nitrogens with two attached hydrogens (primary N) is 1. The van der Waals surface area contributed by atoms with Gasteiger partial charge in [0.15, 0.2) is 0 Å². The molecule has 0 saturated carbocycles. The van der Waals surface area contributed by atoms with E-state index < -0.39 is 0 Å². The molecule has 2 N–H and O–H groups in total. The van der Waals surface area contributed by atoms with Crippen LogP contribution in [0.2, 0.25) is 0 Å². The molecule has 1 aliphatic rings. The first kappa shape index (κ1) is 15.9. The molecular formula is C15H23BrFN3. The summed E-state index contributed by atoms with van der Waals surface area (Å²) < 4.78 is 14.3. The highest BCUT2D eigenvalue weighted by molar-refractivity contribution is 9.10. The van der Waals surface area contributed by atoms with Crippen molar-refractivity contribution in [2.75, 3.05) is 33.2 Å². The maximum Gasteiger partial charge on any atom is 0.137 e. The van der Waals surface area contributed by atoms with Crippen molar-refractivity contribution in [3.63, 3.8) is 0 Å². The van der Waals surface area contributed by atoms with Crippen LogP contribution in [0.4, 0.5) is 4.39 Å². The minimum Gasteiger partial charge on any atom is -0.329 e. The summed E-state index contributed by atoms with van der Waals surface area (Å²) >= 11 is 3.20. The third-order valence-corrected chi connectivity index (χ3v) is 4.69. The maximum atomic E-state index is 13.8. The lowest BCUT2D eigenvalue weighted by Gasteiger charge is -2.35. The number of hydrogen-bond donors (Lipinski definition) is 1. The predicted octanol–water partition coefficient (Wildman–Crippen LogP) is 2.61. The van der Waals surface area contributed by atoms with E-state index in [4.69, 9.17) is 5.73 Å². The minimum atomic E-state index is -0.222. The van der Waals surface area contributed by atoms with Crippen LogP contribution in [0.3, 0.4) is 0 Å². The van der Waals surface area contributed by atoms with Gasteiger partial charge in [-0.3, -0.25) is 4.90 Å². The molecule has 0 spiro atoms. The molecule has 1 aromatic rings. The van der Waals surface area contributed by atoms with Gasteiger partial charge in [-0.05, 0) is 60.6 Å². The molecule has 1 saturated heterocycles. The molecule has 1 heterocycles. The Bertz CT molecular complexity index is 455. The van der Waals surface area contributed by atoms with Crippen LogP contribution >= 0.6 is 15.9 Å². The molecule has 5 heteroatoms. The van der Waals surface area contributed by atoms with Gasteiger partial charge in [-0.15, -0.1) is 0 Å². The Hall–Kier alpha value is -0.490. The highest BCUT2D eigenvalue weighted by atomic mass is 79.9. The van der Waals surface area contributed by atoms with Crippen molar-refractivity contribution in [2.45, 2.75) is 25.4 Å². The van der Waals surface area contributed by atoms with E-state index in [0.29, 0.717) is 17.1 Å². The summed E-state index contributed by atoms with van der Waals surface area (Å²) in [7, 11) is 2.15. The molecular weight excluding hydrogens is 321 g/mol. The minimum absolute atomic E-state index is 0.0825. The number of hydrogen-bond acceptors (Lipinski definition) is 3. The predicted molar refractivity (Wildman–Crippen MR) is 84.2 cm³/mol. The van der Waals surface area contributed by atoms with Crippen molar-refractivity contribution in [1.82, 2.24) is 9.80 Å². The van der Waals surface area contributed by atoms with E-state index in [1.54, 1.807) is 12.1 Å². The van der Waals surface area contributed by atoms with Gasteiger partial charge in [-0.25, -0.2) is 4.39 Å². The quantitative estimate of drug-likeness (QED) is 0.915. The average Bonchev–Trinajstić information content (AvgIpc) is 2.56. The first-order valence-electron chi connectivity index (χ1n) is 7.12. The van der Waals surface area contributed by atoms with Crippen LogP contribution in [-0.4, -0.2) is 49.1 Å². The third kappa shape index (κ3) is 3.58. The second kappa shape index (κ2) is 6.98. The summed E-state index contributed by atoms with van der Waals surface area (Å²) in [6, 6.07) is 5.83. The number of nitrogens with zero attached hydrogens (tertiary/aromatic N) is 2. The summed E-state index contributed by atoms with van der Waals surface area (Å²) in [5.74, 6) is -0.222. The van der Waals surface area contributed by atoms with E-state index in [9.17, 15) is 4.39 Å². The standard InChI is InChI=1S/C15H23BrFN3/c1-11-10-19(2)6-3-7-20(11)15(9-18)12-4-5-13(16)14(17)8-12/h4-5,8,11,15H,3,6-7,9-10,18H2,1-2H3. The zero-order valence-corrected chi connectivity index (χ0v) is 13.7. The summed E-state index contributed by atoms with van der Waals surface area (Å²) in [6.07, 6.45) is 1.12. The van der Waals surface area contributed by atoms with E-state index in [1.165, 1.54) is 0 Å². The Morgan fingerprint density at radius 1 is 1.45 bits per heavy atom. The van der Waals surface area contributed by atoms with Gasteiger partial charge in [0, 0.05) is 31.7 Å². The van der Waals surface area contributed by atoms with Gasteiger partial charge in [0.25, 0.3) is 0 Å². The van der Waals surface area contributed by atoms with Crippen LogP contribution in [0.5, 0.6) is 0 Å².